The third kappa shape index (κ3) is 6.16. The first-order valence-electron chi connectivity index (χ1n) is 14.0. The largest absolute Gasteiger partial charge is 0.460 e. The summed E-state index contributed by atoms with van der Waals surface area (Å²) in [5.74, 6) is 0.791. The molecule has 4 aromatic rings. The van der Waals surface area contributed by atoms with Crippen molar-refractivity contribution in [3.63, 3.8) is 0 Å². The van der Waals surface area contributed by atoms with Gasteiger partial charge in [-0.2, -0.15) is 10.1 Å². The molecule has 210 valence electrons. The highest BCUT2D eigenvalue weighted by Gasteiger charge is 2.33. The molecule has 1 aliphatic carbocycles. The van der Waals surface area contributed by atoms with Gasteiger partial charge < -0.3 is 9.26 Å². The van der Waals surface area contributed by atoms with Crippen molar-refractivity contribution in [2.45, 2.75) is 92.7 Å². The van der Waals surface area contributed by atoms with Gasteiger partial charge in [-0.05, 0) is 106 Å². The molecule has 0 N–H and O–H groups in total. The molecule has 1 aromatic carbocycles. The van der Waals surface area contributed by atoms with Crippen molar-refractivity contribution < 1.29 is 14.1 Å². The van der Waals surface area contributed by atoms with Crippen molar-refractivity contribution in [2.24, 2.45) is 5.41 Å². The highest BCUT2D eigenvalue weighted by molar-refractivity contribution is 5.70. The van der Waals surface area contributed by atoms with Crippen LogP contribution in [0.2, 0.25) is 0 Å². The Labute approximate surface area is 236 Å². The van der Waals surface area contributed by atoms with Crippen LogP contribution in [0.25, 0.3) is 23.0 Å². The predicted octanol–water partition coefficient (Wildman–Crippen LogP) is 6.45. The topological polar surface area (TPSA) is 95.9 Å². The van der Waals surface area contributed by atoms with Crippen LogP contribution in [0.15, 0.2) is 41.2 Å². The Bertz CT molecular complexity index is 1500. The molecule has 40 heavy (non-hydrogen) atoms. The highest BCUT2D eigenvalue weighted by Crippen LogP contribution is 2.39. The number of nitrogens with zero attached hydrogens (tertiary/aromatic N) is 5. The van der Waals surface area contributed by atoms with Crippen molar-refractivity contribution in [3.05, 3.63) is 70.2 Å². The van der Waals surface area contributed by atoms with E-state index in [0.29, 0.717) is 31.1 Å². The van der Waals surface area contributed by atoms with Crippen LogP contribution in [0.4, 0.5) is 0 Å². The first kappa shape index (κ1) is 27.7. The SMILES string of the molecule is Cc1cc(-c2noc(-c3nn(Cc4cccnc4)c4c3CCC(C)(C)C4)n2)cc(C)c1CCC(=O)OC(C)(C)C. The minimum absolute atomic E-state index is 0.187. The van der Waals surface area contributed by atoms with E-state index in [0.717, 1.165) is 52.8 Å². The molecule has 0 amide bonds. The molecule has 5 rings (SSSR count). The fourth-order valence-corrected chi connectivity index (χ4v) is 5.54. The zero-order chi connectivity index (χ0) is 28.7. The number of carbonyl (C=O) groups excluding carboxylic acids is 1. The number of aromatic nitrogens is 5. The summed E-state index contributed by atoms with van der Waals surface area (Å²) in [6, 6.07) is 8.14. The zero-order valence-electron chi connectivity index (χ0n) is 24.7. The summed E-state index contributed by atoms with van der Waals surface area (Å²) in [5.41, 5.74) is 8.24. The number of pyridine rings is 1. The number of hydrogen-bond acceptors (Lipinski definition) is 7. The van der Waals surface area contributed by atoms with Crippen LogP contribution in [0, 0.1) is 19.3 Å². The number of rotatable bonds is 7. The number of carbonyl (C=O) groups is 1. The molecule has 0 fully saturated rings. The summed E-state index contributed by atoms with van der Waals surface area (Å²) >= 11 is 0. The van der Waals surface area contributed by atoms with E-state index in [2.05, 4.69) is 60.7 Å². The molecule has 0 saturated heterocycles. The Morgan fingerprint density at radius 3 is 2.60 bits per heavy atom. The highest BCUT2D eigenvalue weighted by atomic mass is 16.6. The monoisotopic (exact) mass is 541 g/mol. The van der Waals surface area contributed by atoms with Crippen molar-refractivity contribution in [2.75, 3.05) is 0 Å². The molecule has 0 aliphatic heterocycles. The molecule has 0 radical (unpaired) electrons. The first-order valence-corrected chi connectivity index (χ1v) is 14.0. The molecule has 8 heteroatoms. The maximum atomic E-state index is 12.3. The van der Waals surface area contributed by atoms with Gasteiger partial charge in [0, 0.05) is 35.6 Å². The normalized spacial score (nSPS) is 14.7. The number of hydrogen-bond donors (Lipinski definition) is 0. The van der Waals surface area contributed by atoms with Crippen LogP contribution in [0.1, 0.15) is 81.0 Å². The minimum Gasteiger partial charge on any atom is -0.460 e. The second kappa shape index (κ2) is 10.6. The summed E-state index contributed by atoms with van der Waals surface area (Å²) in [6.07, 6.45) is 7.58. The number of esters is 1. The van der Waals surface area contributed by atoms with E-state index in [9.17, 15) is 4.79 Å². The lowest BCUT2D eigenvalue weighted by Gasteiger charge is -2.30. The van der Waals surface area contributed by atoms with E-state index in [-0.39, 0.29) is 11.4 Å². The molecule has 3 aromatic heterocycles. The molecule has 3 heterocycles. The number of fused-ring (bicyclic) bond motifs is 1. The lowest BCUT2D eigenvalue weighted by Crippen LogP contribution is -2.24. The zero-order valence-corrected chi connectivity index (χ0v) is 24.7. The molecule has 0 spiro atoms. The van der Waals surface area contributed by atoms with Crippen LogP contribution >= 0.6 is 0 Å². The maximum absolute atomic E-state index is 12.3. The van der Waals surface area contributed by atoms with Gasteiger partial charge in [-0.3, -0.25) is 14.5 Å². The quantitative estimate of drug-likeness (QED) is 0.248. The van der Waals surface area contributed by atoms with Crippen LogP contribution in [0.3, 0.4) is 0 Å². The van der Waals surface area contributed by atoms with Crippen LogP contribution in [-0.4, -0.2) is 36.5 Å². The van der Waals surface area contributed by atoms with E-state index in [1.807, 2.05) is 33.0 Å². The molecule has 0 saturated carbocycles. The van der Waals surface area contributed by atoms with Gasteiger partial charge >= 0.3 is 5.97 Å². The lowest BCUT2D eigenvalue weighted by molar-refractivity contribution is -0.154. The molecule has 0 unspecified atom stereocenters. The number of aryl methyl sites for hydroxylation is 2. The van der Waals surface area contributed by atoms with Gasteiger partial charge in [-0.15, -0.1) is 0 Å². The minimum atomic E-state index is -0.481. The van der Waals surface area contributed by atoms with Crippen molar-refractivity contribution in [1.29, 1.82) is 0 Å². The number of ether oxygens (including phenoxy) is 1. The van der Waals surface area contributed by atoms with E-state index < -0.39 is 5.60 Å². The maximum Gasteiger partial charge on any atom is 0.306 e. The average Bonchev–Trinajstić information content (AvgIpc) is 3.48. The third-order valence-corrected chi connectivity index (χ3v) is 7.50. The second-order valence-electron chi connectivity index (χ2n) is 12.7. The average molecular weight is 542 g/mol. The van der Waals surface area contributed by atoms with Crippen molar-refractivity contribution in [3.8, 4) is 23.0 Å². The summed E-state index contributed by atoms with van der Waals surface area (Å²) in [7, 11) is 0. The Balaban J connectivity index is 1.41. The van der Waals surface area contributed by atoms with Crippen molar-refractivity contribution >= 4 is 5.97 Å². The Kier molecular flexibility index (Phi) is 7.38. The summed E-state index contributed by atoms with van der Waals surface area (Å²) in [4.78, 5) is 21.3. The Morgan fingerprint density at radius 2 is 1.93 bits per heavy atom. The molecule has 8 nitrogen and oxygen atoms in total. The van der Waals surface area contributed by atoms with E-state index in [1.54, 1.807) is 6.20 Å². The first-order chi connectivity index (χ1) is 18.9. The van der Waals surface area contributed by atoms with E-state index >= 15 is 0 Å². The molecular weight excluding hydrogens is 502 g/mol. The Morgan fingerprint density at radius 1 is 1.18 bits per heavy atom. The Hall–Kier alpha value is -3.81. The van der Waals surface area contributed by atoms with Gasteiger partial charge in [0.2, 0.25) is 5.82 Å². The smallest absolute Gasteiger partial charge is 0.306 e. The van der Waals surface area contributed by atoms with E-state index in [1.165, 1.54) is 11.3 Å². The molecular formula is C32H39N5O3. The summed E-state index contributed by atoms with van der Waals surface area (Å²) in [6.45, 7) is 15.0. The fourth-order valence-electron chi connectivity index (χ4n) is 5.54. The van der Waals surface area contributed by atoms with Crippen LogP contribution < -0.4 is 0 Å². The third-order valence-electron chi connectivity index (χ3n) is 7.50. The molecule has 0 bridgehead atoms. The van der Waals surface area contributed by atoms with E-state index in [4.69, 9.17) is 19.3 Å². The second-order valence-corrected chi connectivity index (χ2v) is 12.7. The fraction of sp³-hybridized carbons (Fsp3) is 0.469. The van der Waals surface area contributed by atoms with Gasteiger partial charge in [0.1, 0.15) is 5.60 Å². The predicted molar refractivity (Wildman–Crippen MR) is 154 cm³/mol. The van der Waals surface area contributed by atoms with Crippen LogP contribution in [-0.2, 0) is 35.3 Å². The van der Waals surface area contributed by atoms with Gasteiger partial charge in [0.05, 0.1) is 6.54 Å². The molecule has 1 aliphatic rings. The molecule has 0 atom stereocenters. The lowest BCUT2D eigenvalue weighted by atomic mass is 9.76. The standard InChI is InChI=1S/C32H39N5O3/c1-20-15-23(16-21(2)24(20)10-11-27(38)39-31(3,4)5)29-34-30(40-36-29)28-25-12-13-32(6,7)17-26(25)37(35-28)19-22-9-8-14-33-18-22/h8-9,14-16,18H,10-13,17,19H2,1-7H3. The van der Waals surface area contributed by atoms with Gasteiger partial charge in [-0.25, -0.2) is 0 Å². The van der Waals surface area contributed by atoms with Crippen LogP contribution in [0.5, 0.6) is 0 Å². The summed E-state index contributed by atoms with van der Waals surface area (Å²) < 4.78 is 13.4. The summed E-state index contributed by atoms with van der Waals surface area (Å²) in [5, 5.41) is 9.33. The van der Waals surface area contributed by atoms with Gasteiger partial charge in [0.15, 0.2) is 5.69 Å². The van der Waals surface area contributed by atoms with Gasteiger partial charge in [0.25, 0.3) is 5.89 Å². The number of benzene rings is 1. The van der Waals surface area contributed by atoms with Gasteiger partial charge in [-0.1, -0.05) is 25.1 Å². The van der Waals surface area contributed by atoms with Crippen molar-refractivity contribution in [1.82, 2.24) is 24.9 Å².